The summed E-state index contributed by atoms with van der Waals surface area (Å²) in [6.07, 6.45) is 1.90. The van der Waals surface area contributed by atoms with Gasteiger partial charge in [-0.25, -0.2) is 0 Å². The van der Waals surface area contributed by atoms with Crippen LogP contribution in [0.1, 0.15) is 37.8 Å². The summed E-state index contributed by atoms with van der Waals surface area (Å²) in [4.78, 5) is 27.1. The quantitative estimate of drug-likeness (QED) is 0.585. The molecule has 0 saturated heterocycles. The fourth-order valence-electron chi connectivity index (χ4n) is 2.85. The number of unbranched alkanes of at least 4 members (excludes halogenated alkanes) is 1. The van der Waals surface area contributed by atoms with Crippen molar-refractivity contribution in [3.8, 4) is 5.75 Å². The monoisotopic (exact) mass is 416 g/mol. The van der Waals surface area contributed by atoms with Crippen LogP contribution in [0.5, 0.6) is 5.75 Å². The molecule has 1 atom stereocenters. The molecule has 1 N–H and O–H groups in total. The molecule has 5 nitrogen and oxygen atoms in total. The second-order valence-corrected chi connectivity index (χ2v) is 7.46. The minimum absolute atomic E-state index is 0.134. The van der Waals surface area contributed by atoms with Gasteiger partial charge in [-0.3, -0.25) is 9.59 Å². The third kappa shape index (κ3) is 7.09. The molecule has 0 spiro atoms. The molecule has 0 fully saturated rings. The van der Waals surface area contributed by atoms with E-state index < -0.39 is 6.04 Å². The molecule has 0 aliphatic heterocycles. The number of carbonyl (C=O) groups excluding carboxylic acids is 2. The molecular formula is C23H29ClN2O3. The first kappa shape index (κ1) is 22.8. The Morgan fingerprint density at radius 3 is 2.48 bits per heavy atom. The van der Waals surface area contributed by atoms with Gasteiger partial charge in [-0.15, -0.1) is 0 Å². The predicted octanol–water partition coefficient (Wildman–Crippen LogP) is 4.36. The van der Waals surface area contributed by atoms with E-state index in [9.17, 15) is 9.59 Å². The van der Waals surface area contributed by atoms with Gasteiger partial charge in [0.15, 0.2) is 6.61 Å². The summed E-state index contributed by atoms with van der Waals surface area (Å²) < 4.78 is 5.72. The molecule has 0 aliphatic carbocycles. The van der Waals surface area contributed by atoms with Crippen molar-refractivity contribution < 1.29 is 14.3 Å². The first-order chi connectivity index (χ1) is 13.9. The van der Waals surface area contributed by atoms with Crippen LogP contribution in [0.15, 0.2) is 48.5 Å². The van der Waals surface area contributed by atoms with E-state index in [4.69, 9.17) is 16.3 Å². The molecule has 2 aromatic carbocycles. The van der Waals surface area contributed by atoms with Crippen LogP contribution in [0.3, 0.4) is 0 Å². The molecule has 2 aromatic rings. The average Bonchev–Trinajstić information content (AvgIpc) is 2.72. The van der Waals surface area contributed by atoms with Crippen molar-refractivity contribution in [3.63, 3.8) is 0 Å². The molecule has 29 heavy (non-hydrogen) atoms. The highest BCUT2D eigenvalue weighted by molar-refractivity contribution is 6.30. The lowest BCUT2D eigenvalue weighted by Crippen LogP contribution is -2.49. The number of nitrogens with zero attached hydrogens (tertiary/aromatic N) is 1. The summed E-state index contributed by atoms with van der Waals surface area (Å²) in [6.45, 7) is 6.50. The van der Waals surface area contributed by atoms with E-state index in [0.29, 0.717) is 23.9 Å². The highest BCUT2D eigenvalue weighted by Crippen LogP contribution is 2.17. The molecule has 2 amide bonds. The van der Waals surface area contributed by atoms with Crippen molar-refractivity contribution >= 4 is 23.4 Å². The average molecular weight is 417 g/mol. The standard InChI is InChI=1S/C23H29ClN2O3/c1-4-5-14-25-23(28)18(3)26(15-19-10-12-20(24)13-11-19)22(27)16-29-21-9-7-6-8-17(21)2/h6-13,18H,4-5,14-16H2,1-3H3,(H,25,28). The number of carbonyl (C=O) groups is 2. The molecule has 0 heterocycles. The van der Waals surface area contributed by atoms with E-state index in [1.54, 1.807) is 24.0 Å². The van der Waals surface area contributed by atoms with Gasteiger partial charge in [0.25, 0.3) is 5.91 Å². The Morgan fingerprint density at radius 2 is 1.83 bits per heavy atom. The molecule has 0 saturated carbocycles. The number of ether oxygens (including phenoxy) is 1. The van der Waals surface area contributed by atoms with Crippen LogP contribution < -0.4 is 10.1 Å². The van der Waals surface area contributed by atoms with Crippen LogP contribution >= 0.6 is 11.6 Å². The molecule has 2 rings (SSSR count). The first-order valence-electron chi connectivity index (χ1n) is 9.92. The SMILES string of the molecule is CCCCNC(=O)C(C)N(Cc1ccc(Cl)cc1)C(=O)COc1ccccc1C. The fraction of sp³-hybridized carbons (Fsp3) is 0.391. The number of amides is 2. The zero-order valence-electron chi connectivity index (χ0n) is 17.3. The normalized spacial score (nSPS) is 11.6. The van der Waals surface area contributed by atoms with Crippen molar-refractivity contribution in [2.45, 2.75) is 46.2 Å². The van der Waals surface area contributed by atoms with E-state index >= 15 is 0 Å². The van der Waals surface area contributed by atoms with E-state index in [1.807, 2.05) is 43.3 Å². The Balaban J connectivity index is 2.11. The largest absolute Gasteiger partial charge is 0.484 e. The van der Waals surface area contributed by atoms with Crippen molar-refractivity contribution in [2.24, 2.45) is 0 Å². The maximum Gasteiger partial charge on any atom is 0.261 e. The molecule has 0 bridgehead atoms. The highest BCUT2D eigenvalue weighted by atomic mass is 35.5. The van der Waals surface area contributed by atoms with Crippen LogP contribution in [0, 0.1) is 6.92 Å². The highest BCUT2D eigenvalue weighted by Gasteiger charge is 2.26. The zero-order valence-corrected chi connectivity index (χ0v) is 18.0. The fourth-order valence-corrected chi connectivity index (χ4v) is 2.97. The molecule has 156 valence electrons. The Labute approximate surface area is 178 Å². The van der Waals surface area contributed by atoms with Crippen LogP contribution in [-0.2, 0) is 16.1 Å². The summed E-state index contributed by atoms with van der Waals surface area (Å²) in [7, 11) is 0. The summed E-state index contributed by atoms with van der Waals surface area (Å²) in [6, 6.07) is 14.2. The number of benzene rings is 2. The number of hydrogen-bond donors (Lipinski definition) is 1. The number of rotatable bonds is 10. The Hall–Kier alpha value is -2.53. The summed E-state index contributed by atoms with van der Waals surface area (Å²) in [5.74, 6) is 0.241. The van der Waals surface area contributed by atoms with Crippen LogP contribution in [0.2, 0.25) is 5.02 Å². The topological polar surface area (TPSA) is 58.6 Å². The van der Waals surface area contributed by atoms with Gasteiger partial charge in [-0.1, -0.05) is 55.3 Å². The van der Waals surface area contributed by atoms with Crippen molar-refractivity contribution in [1.82, 2.24) is 10.2 Å². The van der Waals surface area contributed by atoms with E-state index in [2.05, 4.69) is 12.2 Å². The molecular weight excluding hydrogens is 388 g/mol. The van der Waals surface area contributed by atoms with Gasteiger partial charge < -0.3 is 15.0 Å². The van der Waals surface area contributed by atoms with Gasteiger partial charge in [0.1, 0.15) is 11.8 Å². The van der Waals surface area contributed by atoms with E-state index in [-0.39, 0.29) is 18.4 Å². The minimum atomic E-state index is -0.615. The van der Waals surface area contributed by atoms with Gasteiger partial charge >= 0.3 is 0 Å². The number of aryl methyl sites for hydroxylation is 1. The number of nitrogens with one attached hydrogen (secondary N) is 1. The number of para-hydroxylation sites is 1. The van der Waals surface area contributed by atoms with Gasteiger partial charge in [-0.05, 0) is 49.6 Å². The summed E-state index contributed by atoms with van der Waals surface area (Å²) in [5.41, 5.74) is 1.85. The summed E-state index contributed by atoms with van der Waals surface area (Å²) >= 11 is 5.96. The van der Waals surface area contributed by atoms with Crippen LogP contribution in [0.4, 0.5) is 0 Å². The van der Waals surface area contributed by atoms with Crippen LogP contribution in [-0.4, -0.2) is 35.9 Å². The lowest BCUT2D eigenvalue weighted by atomic mass is 10.1. The Morgan fingerprint density at radius 1 is 1.14 bits per heavy atom. The van der Waals surface area contributed by atoms with E-state index in [1.165, 1.54) is 0 Å². The number of hydrogen-bond acceptors (Lipinski definition) is 3. The molecule has 0 radical (unpaired) electrons. The summed E-state index contributed by atoms with van der Waals surface area (Å²) in [5, 5.41) is 3.53. The van der Waals surface area contributed by atoms with Crippen molar-refractivity contribution in [1.29, 1.82) is 0 Å². The maximum absolute atomic E-state index is 13.0. The predicted molar refractivity (Wildman–Crippen MR) is 116 cm³/mol. The smallest absolute Gasteiger partial charge is 0.261 e. The Bertz CT molecular complexity index is 808. The van der Waals surface area contributed by atoms with Crippen molar-refractivity contribution in [3.05, 3.63) is 64.7 Å². The first-order valence-corrected chi connectivity index (χ1v) is 10.3. The maximum atomic E-state index is 13.0. The Kier molecular flexibility index (Phi) is 9.00. The third-order valence-corrected chi connectivity index (χ3v) is 4.96. The van der Waals surface area contributed by atoms with E-state index in [0.717, 1.165) is 24.0 Å². The van der Waals surface area contributed by atoms with Gasteiger partial charge in [0.2, 0.25) is 5.91 Å². The van der Waals surface area contributed by atoms with Gasteiger partial charge in [-0.2, -0.15) is 0 Å². The molecule has 0 aliphatic rings. The van der Waals surface area contributed by atoms with Crippen LogP contribution in [0.25, 0.3) is 0 Å². The van der Waals surface area contributed by atoms with Crippen molar-refractivity contribution in [2.75, 3.05) is 13.2 Å². The minimum Gasteiger partial charge on any atom is -0.484 e. The van der Waals surface area contributed by atoms with Gasteiger partial charge in [0.05, 0.1) is 0 Å². The third-order valence-electron chi connectivity index (χ3n) is 4.71. The zero-order chi connectivity index (χ0) is 21.2. The van der Waals surface area contributed by atoms with Gasteiger partial charge in [0, 0.05) is 18.1 Å². The lowest BCUT2D eigenvalue weighted by molar-refractivity contribution is -0.142. The molecule has 0 aromatic heterocycles. The molecule has 1 unspecified atom stereocenters. The number of halogens is 1. The second kappa shape index (κ2) is 11.5. The second-order valence-electron chi connectivity index (χ2n) is 7.02. The lowest BCUT2D eigenvalue weighted by Gasteiger charge is -2.29. The molecule has 6 heteroatoms.